The normalized spacial score (nSPS) is 26.2. The van der Waals surface area contributed by atoms with E-state index in [4.69, 9.17) is 9.47 Å². The third-order valence-electron chi connectivity index (χ3n) is 5.08. The maximum absolute atomic E-state index is 6.22. The molecule has 2 fully saturated rings. The molecule has 132 valence electrons. The fourth-order valence-electron chi connectivity index (χ4n) is 3.86. The zero-order chi connectivity index (χ0) is 17.1. The Kier molecular flexibility index (Phi) is 4.55. The highest BCUT2D eigenvalue weighted by molar-refractivity contribution is 5.32. The SMILES string of the molecule is COc1ccc(CN2CC[C@]3(C[C@H](Nc4cnccn4)CO3)C2)cc1. The summed E-state index contributed by atoms with van der Waals surface area (Å²) >= 11 is 0. The van der Waals surface area contributed by atoms with Crippen LogP contribution in [0, 0.1) is 0 Å². The van der Waals surface area contributed by atoms with E-state index >= 15 is 0 Å². The maximum atomic E-state index is 6.22. The highest BCUT2D eigenvalue weighted by Crippen LogP contribution is 2.36. The molecule has 1 N–H and O–H groups in total. The first-order valence-corrected chi connectivity index (χ1v) is 8.76. The maximum Gasteiger partial charge on any atom is 0.144 e. The minimum Gasteiger partial charge on any atom is -0.497 e. The molecule has 2 aromatic rings. The molecule has 3 heterocycles. The molecule has 0 radical (unpaired) electrons. The molecule has 2 saturated heterocycles. The first-order valence-electron chi connectivity index (χ1n) is 8.76. The Bertz CT molecular complexity index is 694. The van der Waals surface area contributed by atoms with Crippen LogP contribution in [0.2, 0.25) is 0 Å². The number of benzene rings is 1. The second kappa shape index (κ2) is 6.98. The van der Waals surface area contributed by atoms with E-state index in [0.717, 1.165) is 50.7 Å². The van der Waals surface area contributed by atoms with Gasteiger partial charge in [0.2, 0.25) is 0 Å². The van der Waals surface area contributed by atoms with Crippen molar-refractivity contribution in [3.63, 3.8) is 0 Å². The van der Waals surface area contributed by atoms with Crippen molar-refractivity contribution in [2.75, 3.05) is 32.1 Å². The fourth-order valence-corrected chi connectivity index (χ4v) is 3.86. The molecule has 25 heavy (non-hydrogen) atoms. The number of nitrogens with one attached hydrogen (secondary N) is 1. The van der Waals surface area contributed by atoms with Crippen molar-refractivity contribution in [3.8, 4) is 5.75 Å². The molecule has 0 bridgehead atoms. The molecule has 6 heteroatoms. The minimum absolute atomic E-state index is 0.0215. The molecule has 4 rings (SSSR count). The number of methoxy groups -OCH3 is 1. The van der Waals surface area contributed by atoms with Crippen LogP contribution in [-0.4, -0.2) is 53.3 Å². The molecular formula is C19H24N4O2. The average Bonchev–Trinajstić information content (AvgIpc) is 3.23. The smallest absolute Gasteiger partial charge is 0.144 e. The standard InChI is InChI=1S/C19H24N4O2/c1-24-17-4-2-15(3-5-17)12-23-9-6-19(14-23)10-16(13-25-19)22-18-11-20-7-8-21-18/h2-5,7-8,11,16H,6,9-10,12-14H2,1H3,(H,21,22)/t16-,19-/m0/s1. The first-order chi connectivity index (χ1) is 12.2. The Morgan fingerprint density at radius 1 is 1.32 bits per heavy atom. The summed E-state index contributed by atoms with van der Waals surface area (Å²) in [6, 6.07) is 8.62. The summed E-state index contributed by atoms with van der Waals surface area (Å²) in [6.07, 6.45) is 7.26. The van der Waals surface area contributed by atoms with E-state index in [1.54, 1.807) is 25.7 Å². The zero-order valence-corrected chi connectivity index (χ0v) is 14.5. The van der Waals surface area contributed by atoms with Crippen LogP contribution < -0.4 is 10.1 Å². The third kappa shape index (κ3) is 3.75. The number of hydrogen-bond acceptors (Lipinski definition) is 6. The summed E-state index contributed by atoms with van der Waals surface area (Å²) in [5.74, 6) is 1.72. The van der Waals surface area contributed by atoms with E-state index in [1.807, 2.05) is 12.1 Å². The van der Waals surface area contributed by atoms with Gasteiger partial charge in [-0.1, -0.05) is 12.1 Å². The molecule has 1 aromatic heterocycles. The van der Waals surface area contributed by atoms with Gasteiger partial charge in [-0.05, 0) is 24.1 Å². The van der Waals surface area contributed by atoms with Gasteiger partial charge in [-0.15, -0.1) is 0 Å². The van der Waals surface area contributed by atoms with Crippen LogP contribution >= 0.6 is 0 Å². The van der Waals surface area contributed by atoms with Crippen molar-refractivity contribution in [2.24, 2.45) is 0 Å². The number of aromatic nitrogens is 2. The van der Waals surface area contributed by atoms with Gasteiger partial charge in [0, 0.05) is 38.4 Å². The molecule has 1 spiro atoms. The minimum atomic E-state index is -0.0215. The summed E-state index contributed by atoms with van der Waals surface area (Å²) in [6.45, 7) is 3.74. The van der Waals surface area contributed by atoms with Crippen molar-refractivity contribution >= 4 is 5.82 Å². The van der Waals surface area contributed by atoms with Crippen LogP contribution in [0.25, 0.3) is 0 Å². The molecule has 6 nitrogen and oxygen atoms in total. The fraction of sp³-hybridized carbons (Fsp3) is 0.474. The zero-order valence-electron chi connectivity index (χ0n) is 14.5. The van der Waals surface area contributed by atoms with Gasteiger partial charge in [-0.25, -0.2) is 4.98 Å². The van der Waals surface area contributed by atoms with E-state index in [-0.39, 0.29) is 5.60 Å². The highest BCUT2D eigenvalue weighted by Gasteiger charge is 2.45. The number of rotatable bonds is 5. The second-order valence-electron chi connectivity index (χ2n) is 6.94. The molecule has 0 saturated carbocycles. The number of ether oxygens (including phenoxy) is 2. The first kappa shape index (κ1) is 16.3. The Hall–Kier alpha value is -2.18. The molecule has 0 unspecified atom stereocenters. The van der Waals surface area contributed by atoms with Crippen molar-refractivity contribution in [3.05, 3.63) is 48.4 Å². The second-order valence-corrected chi connectivity index (χ2v) is 6.94. The van der Waals surface area contributed by atoms with Crippen molar-refractivity contribution in [1.29, 1.82) is 0 Å². The van der Waals surface area contributed by atoms with Gasteiger partial charge in [-0.3, -0.25) is 9.88 Å². The van der Waals surface area contributed by atoms with Crippen LogP contribution in [0.15, 0.2) is 42.9 Å². The highest BCUT2D eigenvalue weighted by atomic mass is 16.5. The van der Waals surface area contributed by atoms with Crippen molar-refractivity contribution in [1.82, 2.24) is 14.9 Å². The largest absolute Gasteiger partial charge is 0.497 e. The molecule has 0 aliphatic carbocycles. The quantitative estimate of drug-likeness (QED) is 0.901. The van der Waals surface area contributed by atoms with Crippen LogP contribution in [-0.2, 0) is 11.3 Å². The summed E-state index contributed by atoms with van der Waals surface area (Å²) in [7, 11) is 1.70. The lowest BCUT2D eigenvalue weighted by molar-refractivity contribution is 0.0120. The average molecular weight is 340 g/mol. The summed E-state index contributed by atoms with van der Waals surface area (Å²) in [4.78, 5) is 10.9. The lowest BCUT2D eigenvalue weighted by Gasteiger charge is -2.23. The third-order valence-corrected chi connectivity index (χ3v) is 5.08. The number of likely N-dealkylation sites (tertiary alicyclic amines) is 1. The van der Waals surface area contributed by atoms with E-state index in [0.29, 0.717) is 6.04 Å². The molecular weight excluding hydrogens is 316 g/mol. The molecule has 2 aliphatic rings. The predicted molar refractivity (Wildman–Crippen MR) is 95.6 cm³/mol. The van der Waals surface area contributed by atoms with Gasteiger partial charge >= 0.3 is 0 Å². The van der Waals surface area contributed by atoms with Crippen LogP contribution in [0.3, 0.4) is 0 Å². The molecule has 1 aromatic carbocycles. The lowest BCUT2D eigenvalue weighted by Crippen LogP contribution is -2.33. The lowest BCUT2D eigenvalue weighted by atomic mass is 9.97. The van der Waals surface area contributed by atoms with Crippen LogP contribution in [0.4, 0.5) is 5.82 Å². The summed E-state index contributed by atoms with van der Waals surface area (Å²) in [5, 5.41) is 3.44. The van der Waals surface area contributed by atoms with Crippen LogP contribution in [0.5, 0.6) is 5.75 Å². The molecule has 2 aliphatic heterocycles. The topological polar surface area (TPSA) is 59.5 Å². The Labute approximate surface area is 148 Å². The number of hydrogen-bond donors (Lipinski definition) is 1. The monoisotopic (exact) mass is 340 g/mol. The Balaban J connectivity index is 1.32. The van der Waals surface area contributed by atoms with E-state index in [2.05, 4.69) is 32.3 Å². The van der Waals surface area contributed by atoms with Gasteiger partial charge in [0.05, 0.1) is 31.6 Å². The van der Waals surface area contributed by atoms with E-state index < -0.39 is 0 Å². The van der Waals surface area contributed by atoms with Gasteiger partial charge < -0.3 is 14.8 Å². The number of anilines is 1. The van der Waals surface area contributed by atoms with Crippen molar-refractivity contribution < 1.29 is 9.47 Å². The van der Waals surface area contributed by atoms with E-state index in [9.17, 15) is 0 Å². The molecule has 2 atom stereocenters. The van der Waals surface area contributed by atoms with E-state index in [1.165, 1.54) is 5.56 Å². The van der Waals surface area contributed by atoms with Gasteiger partial charge in [-0.2, -0.15) is 0 Å². The Morgan fingerprint density at radius 2 is 2.20 bits per heavy atom. The predicted octanol–water partition coefficient (Wildman–Crippen LogP) is 2.33. The number of nitrogens with zero attached hydrogens (tertiary/aromatic N) is 3. The van der Waals surface area contributed by atoms with Gasteiger partial charge in [0.1, 0.15) is 11.6 Å². The summed E-state index contributed by atoms with van der Waals surface area (Å²) in [5.41, 5.74) is 1.29. The van der Waals surface area contributed by atoms with Crippen LogP contribution in [0.1, 0.15) is 18.4 Å². The van der Waals surface area contributed by atoms with Crippen molar-refractivity contribution in [2.45, 2.75) is 31.0 Å². The van der Waals surface area contributed by atoms with Gasteiger partial charge in [0.25, 0.3) is 0 Å². The Morgan fingerprint density at radius 3 is 2.96 bits per heavy atom. The summed E-state index contributed by atoms with van der Waals surface area (Å²) < 4.78 is 11.4. The molecule has 0 amide bonds. The van der Waals surface area contributed by atoms with Gasteiger partial charge in [0.15, 0.2) is 0 Å².